The van der Waals surface area contributed by atoms with Gasteiger partial charge >= 0.3 is 0 Å². The van der Waals surface area contributed by atoms with Crippen LogP contribution in [0.5, 0.6) is 0 Å². The van der Waals surface area contributed by atoms with Gasteiger partial charge in [-0.25, -0.2) is 0 Å². The molecule has 0 saturated heterocycles. The second-order valence-corrected chi connectivity index (χ2v) is 2.25. The molecule has 0 atom stereocenters. The standard InChI is InChI=1S/C7H11N3/c1-6(2)9-7-4-5-8-10(7)3/h4-5,9H,1H2,2-3H3. The van der Waals surface area contributed by atoms with Crippen molar-refractivity contribution in [2.24, 2.45) is 7.05 Å². The molecule has 0 amide bonds. The van der Waals surface area contributed by atoms with Gasteiger partial charge in [0.15, 0.2) is 0 Å². The highest BCUT2D eigenvalue weighted by molar-refractivity contribution is 5.39. The Labute approximate surface area is 60.4 Å². The van der Waals surface area contributed by atoms with Gasteiger partial charge in [-0.2, -0.15) is 5.10 Å². The van der Waals surface area contributed by atoms with Crippen molar-refractivity contribution >= 4 is 5.82 Å². The van der Waals surface area contributed by atoms with Gasteiger partial charge in [-0.15, -0.1) is 0 Å². The predicted octanol–water partition coefficient (Wildman–Crippen LogP) is 1.37. The van der Waals surface area contributed by atoms with E-state index in [0.717, 1.165) is 11.5 Å². The van der Waals surface area contributed by atoms with E-state index in [0.29, 0.717) is 0 Å². The van der Waals surface area contributed by atoms with Crippen molar-refractivity contribution in [3.05, 3.63) is 24.5 Å². The van der Waals surface area contributed by atoms with E-state index in [1.807, 2.05) is 20.0 Å². The van der Waals surface area contributed by atoms with Crippen LogP contribution in [-0.4, -0.2) is 9.78 Å². The molecule has 0 saturated carbocycles. The summed E-state index contributed by atoms with van der Waals surface area (Å²) < 4.78 is 1.76. The summed E-state index contributed by atoms with van der Waals surface area (Å²) in [4.78, 5) is 0. The first-order valence-corrected chi connectivity index (χ1v) is 3.10. The minimum Gasteiger partial charge on any atom is -0.345 e. The van der Waals surface area contributed by atoms with Crippen LogP contribution in [0.4, 0.5) is 5.82 Å². The fraction of sp³-hybridized carbons (Fsp3) is 0.286. The lowest BCUT2D eigenvalue weighted by Gasteiger charge is -2.03. The molecule has 3 heteroatoms. The maximum Gasteiger partial charge on any atom is 0.128 e. The highest BCUT2D eigenvalue weighted by Crippen LogP contribution is 2.05. The van der Waals surface area contributed by atoms with E-state index in [-0.39, 0.29) is 0 Å². The van der Waals surface area contributed by atoms with E-state index >= 15 is 0 Å². The zero-order valence-corrected chi connectivity index (χ0v) is 6.26. The summed E-state index contributed by atoms with van der Waals surface area (Å²) in [6, 6.07) is 1.90. The highest BCUT2D eigenvalue weighted by Gasteiger charge is 1.94. The van der Waals surface area contributed by atoms with Crippen LogP contribution in [0.25, 0.3) is 0 Å². The van der Waals surface area contributed by atoms with E-state index in [2.05, 4.69) is 17.0 Å². The monoisotopic (exact) mass is 137 g/mol. The van der Waals surface area contributed by atoms with Crippen LogP contribution in [0.1, 0.15) is 6.92 Å². The first kappa shape index (κ1) is 6.86. The SMILES string of the molecule is C=C(C)Nc1ccnn1C. The Hall–Kier alpha value is -1.25. The van der Waals surface area contributed by atoms with Crippen LogP contribution in [0.15, 0.2) is 24.5 Å². The van der Waals surface area contributed by atoms with Gasteiger partial charge in [0.1, 0.15) is 5.82 Å². The Morgan fingerprint density at radius 3 is 2.90 bits per heavy atom. The fourth-order valence-corrected chi connectivity index (χ4v) is 0.715. The van der Waals surface area contributed by atoms with Gasteiger partial charge in [0.25, 0.3) is 0 Å². The van der Waals surface area contributed by atoms with Crippen molar-refractivity contribution in [2.45, 2.75) is 6.92 Å². The van der Waals surface area contributed by atoms with E-state index in [1.54, 1.807) is 10.9 Å². The third kappa shape index (κ3) is 1.37. The second-order valence-electron chi connectivity index (χ2n) is 2.25. The molecule has 0 aliphatic carbocycles. The predicted molar refractivity (Wildman–Crippen MR) is 41.6 cm³/mol. The molecule has 0 unspecified atom stereocenters. The van der Waals surface area contributed by atoms with Crippen LogP contribution in [0, 0.1) is 0 Å². The summed E-state index contributed by atoms with van der Waals surface area (Å²) in [5.74, 6) is 0.965. The number of nitrogens with zero attached hydrogens (tertiary/aromatic N) is 2. The number of anilines is 1. The molecule has 0 radical (unpaired) electrons. The minimum atomic E-state index is 0.920. The summed E-state index contributed by atoms with van der Waals surface area (Å²) in [5, 5.41) is 7.04. The molecule has 10 heavy (non-hydrogen) atoms. The van der Waals surface area contributed by atoms with Crippen molar-refractivity contribution in [3.8, 4) is 0 Å². The van der Waals surface area contributed by atoms with Crippen LogP contribution >= 0.6 is 0 Å². The molecule has 0 aliphatic rings. The highest BCUT2D eigenvalue weighted by atomic mass is 15.3. The van der Waals surface area contributed by atoms with Crippen LogP contribution in [-0.2, 0) is 7.05 Å². The normalized spacial score (nSPS) is 9.40. The van der Waals surface area contributed by atoms with Gasteiger partial charge in [0.05, 0.1) is 6.20 Å². The molecule has 0 bridgehead atoms. The van der Waals surface area contributed by atoms with Gasteiger partial charge in [-0.1, -0.05) is 6.58 Å². The van der Waals surface area contributed by atoms with Crippen molar-refractivity contribution < 1.29 is 0 Å². The van der Waals surface area contributed by atoms with Gasteiger partial charge in [-0.3, -0.25) is 4.68 Å². The molecule has 3 nitrogen and oxygen atoms in total. The Bertz CT molecular complexity index is 237. The van der Waals surface area contributed by atoms with Crippen molar-refractivity contribution in [1.82, 2.24) is 9.78 Å². The molecule has 1 rings (SSSR count). The molecule has 0 aromatic carbocycles. The van der Waals surface area contributed by atoms with Crippen molar-refractivity contribution in [1.29, 1.82) is 0 Å². The number of hydrogen-bond acceptors (Lipinski definition) is 2. The first-order chi connectivity index (χ1) is 4.70. The summed E-state index contributed by atoms with van der Waals surface area (Å²) in [5.41, 5.74) is 0.920. The lowest BCUT2D eigenvalue weighted by atomic mass is 10.5. The van der Waals surface area contributed by atoms with E-state index in [9.17, 15) is 0 Å². The Kier molecular flexibility index (Phi) is 1.76. The fourth-order valence-electron chi connectivity index (χ4n) is 0.715. The molecule has 0 aliphatic heterocycles. The summed E-state index contributed by atoms with van der Waals surface area (Å²) in [7, 11) is 1.88. The van der Waals surface area contributed by atoms with Gasteiger partial charge < -0.3 is 5.32 Å². The van der Waals surface area contributed by atoms with E-state index < -0.39 is 0 Å². The molecule has 1 heterocycles. The van der Waals surface area contributed by atoms with Crippen molar-refractivity contribution in [2.75, 3.05) is 5.32 Å². The summed E-state index contributed by atoms with van der Waals surface area (Å²) in [6.07, 6.45) is 1.74. The number of hydrogen-bond donors (Lipinski definition) is 1. The molecule has 1 aromatic heterocycles. The van der Waals surface area contributed by atoms with Gasteiger partial charge in [0, 0.05) is 18.8 Å². The topological polar surface area (TPSA) is 29.9 Å². The number of allylic oxidation sites excluding steroid dienone is 1. The molecule has 54 valence electrons. The van der Waals surface area contributed by atoms with Crippen LogP contribution < -0.4 is 5.32 Å². The Balaban J connectivity index is 2.74. The average molecular weight is 137 g/mol. The van der Waals surface area contributed by atoms with Gasteiger partial charge in [0.2, 0.25) is 0 Å². The number of nitrogens with one attached hydrogen (secondary N) is 1. The van der Waals surface area contributed by atoms with Crippen molar-refractivity contribution in [3.63, 3.8) is 0 Å². The lowest BCUT2D eigenvalue weighted by molar-refractivity contribution is 0.775. The third-order valence-electron chi connectivity index (χ3n) is 1.16. The molecular weight excluding hydrogens is 126 g/mol. The Morgan fingerprint density at radius 2 is 2.50 bits per heavy atom. The molecule has 0 fully saturated rings. The first-order valence-electron chi connectivity index (χ1n) is 3.10. The maximum atomic E-state index is 3.98. The Morgan fingerprint density at radius 1 is 1.80 bits per heavy atom. The van der Waals surface area contributed by atoms with E-state index in [4.69, 9.17) is 0 Å². The van der Waals surface area contributed by atoms with Crippen LogP contribution in [0.2, 0.25) is 0 Å². The molecule has 0 spiro atoms. The number of rotatable bonds is 2. The van der Waals surface area contributed by atoms with E-state index in [1.165, 1.54) is 0 Å². The number of aromatic nitrogens is 2. The zero-order valence-electron chi connectivity index (χ0n) is 6.26. The molecule has 1 N–H and O–H groups in total. The van der Waals surface area contributed by atoms with Gasteiger partial charge in [-0.05, 0) is 6.92 Å². The summed E-state index contributed by atoms with van der Waals surface area (Å²) >= 11 is 0. The smallest absolute Gasteiger partial charge is 0.128 e. The quantitative estimate of drug-likeness (QED) is 0.667. The third-order valence-corrected chi connectivity index (χ3v) is 1.16. The van der Waals surface area contributed by atoms with Crippen LogP contribution in [0.3, 0.4) is 0 Å². The zero-order chi connectivity index (χ0) is 7.56. The molecule has 1 aromatic rings. The lowest BCUT2D eigenvalue weighted by Crippen LogP contribution is -2.00. The second kappa shape index (κ2) is 2.56. The minimum absolute atomic E-state index is 0.920. The maximum absolute atomic E-state index is 3.98. The average Bonchev–Trinajstić information content (AvgIpc) is 2.15. The molecular formula is C7H11N3. The largest absolute Gasteiger partial charge is 0.345 e. The number of aryl methyl sites for hydroxylation is 1. The summed E-state index contributed by atoms with van der Waals surface area (Å²) in [6.45, 7) is 5.63.